The number of carbonyl (C=O) groups is 2. The van der Waals surface area contributed by atoms with Crippen LogP contribution in [0.15, 0.2) is 30.3 Å². The fraction of sp³-hybridized carbons (Fsp3) is 0.429. The molecule has 1 aromatic heterocycles. The van der Waals surface area contributed by atoms with Crippen LogP contribution in [0.5, 0.6) is 0 Å². The number of amides is 3. The van der Waals surface area contributed by atoms with Gasteiger partial charge in [-0.1, -0.05) is 30.3 Å². The predicted molar refractivity (Wildman–Crippen MR) is 104 cm³/mol. The largest absolute Gasteiger partial charge is 0.366 e. The number of benzene rings is 1. The Labute approximate surface area is 159 Å². The molecule has 4 rings (SSSR count). The molecule has 0 atom stereocenters. The maximum Gasteiger partial charge on any atom is 0.318 e. The summed E-state index contributed by atoms with van der Waals surface area (Å²) in [7, 11) is 0. The maximum absolute atomic E-state index is 12.5. The van der Waals surface area contributed by atoms with Gasteiger partial charge in [0.05, 0.1) is 17.8 Å². The van der Waals surface area contributed by atoms with Gasteiger partial charge in [-0.3, -0.25) is 4.79 Å². The molecule has 1 aromatic carbocycles. The van der Waals surface area contributed by atoms with E-state index in [1.54, 1.807) is 4.90 Å². The van der Waals surface area contributed by atoms with Gasteiger partial charge in [0.2, 0.25) is 0 Å². The van der Waals surface area contributed by atoms with Crippen molar-refractivity contribution < 1.29 is 9.59 Å². The summed E-state index contributed by atoms with van der Waals surface area (Å²) >= 11 is 0. The SMILES string of the molecule is CC(C)NC(=O)N1CCn2c(c(C(N)=O)c(-c3ccccc3)c2C2CC2)C1. The van der Waals surface area contributed by atoms with Gasteiger partial charge in [-0.05, 0) is 38.2 Å². The van der Waals surface area contributed by atoms with Crippen molar-refractivity contribution in [3.05, 3.63) is 47.3 Å². The fourth-order valence-corrected chi connectivity index (χ4v) is 4.04. The average molecular weight is 366 g/mol. The van der Waals surface area contributed by atoms with Crippen LogP contribution in [0.3, 0.4) is 0 Å². The van der Waals surface area contributed by atoms with E-state index in [1.807, 2.05) is 44.2 Å². The van der Waals surface area contributed by atoms with Gasteiger partial charge in [0, 0.05) is 30.4 Å². The van der Waals surface area contributed by atoms with Crippen LogP contribution in [-0.2, 0) is 13.1 Å². The fourth-order valence-electron chi connectivity index (χ4n) is 4.04. The molecule has 3 amide bonds. The highest BCUT2D eigenvalue weighted by atomic mass is 16.2. The summed E-state index contributed by atoms with van der Waals surface area (Å²) in [6.45, 7) is 5.62. The lowest BCUT2D eigenvalue weighted by molar-refractivity contribution is 0.0997. The second-order valence-electron chi connectivity index (χ2n) is 7.76. The number of aromatic nitrogens is 1. The summed E-state index contributed by atoms with van der Waals surface area (Å²) in [4.78, 5) is 26.7. The zero-order valence-corrected chi connectivity index (χ0v) is 15.9. The molecule has 27 heavy (non-hydrogen) atoms. The molecule has 0 unspecified atom stereocenters. The number of fused-ring (bicyclic) bond motifs is 1. The second kappa shape index (κ2) is 6.76. The van der Waals surface area contributed by atoms with Crippen LogP contribution in [-0.4, -0.2) is 34.0 Å². The van der Waals surface area contributed by atoms with E-state index in [9.17, 15) is 9.59 Å². The van der Waals surface area contributed by atoms with Crippen molar-refractivity contribution in [2.24, 2.45) is 5.73 Å². The van der Waals surface area contributed by atoms with Gasteiger partial charge in [0.15, 0.2) is 0 Å². The molecule has 1 saturated carbocycles. The molecule has 2 aliphatic rings. The zero-order valence-electron chi connectivity index (χ0n) is 15.9. The molecule has 1 aliphatic carbocycles. The summed E-state index contributed by atoms with van der Waals surface area (Å²) in [5.74, 6) is 0.0544. The van der Waals surface area contributed by atoms with Crippen molar-refractivity contribution in [1.29, 1.82) is 0 Å². The minimum absolute atomic E-state index is 0.0729. The molecule has 1 fully saturated rings. The molecule has 3 N–H and O–H groups in total. The van der Waals surface area contributed by atoms with Crippen molar-refractivity contribution in [2.75, 3.05) is 6.54 Å². The van der Waals surface area contributed by atoms with Gasteiger partial charge in [-0.25, -0.2) is 4.79 Å². The van der Waals surface area contributed by atoms with Crippen LogP contribution in [0.4, 0.5) is 4.79 Å². The topological polar surface area (TPSA) is 80.4 Å². The molecule has 2 heterocycles. The van der Waals surface area contributed by atoms with Crippen LogP contribution < -0.4 is 11.1 Å². The number of carbonyl (C=O) groups excluding carboxylic acids is 2. The van der Waals surface area contributed by atoms with E-state index in [2.05, 4.69) is 9.88 Å². The lowest BCUT2D eigenvalue weighted by Gasteiger charge is -2.31. The third-order valence-corrected chi connectivity index (χ3v) is 5.32. The third kappa shape index (κ3) is 3.20. The van der Waals surface area contributed by atoms with E-state index < -0.39 is 5.91 Å². The molecule has 2 aromatic rings. The van der Waals surface area contributed by atoms with Crippen LogP contribution in [0, 0.1) is 0 Å². The Bertz CT molecular complexity index is 881. The standard InChI is InChI=1S/C21H26N4O2/c1-13(2)23-21(27)24-10-11-25-16(12-24)18(20(22)26)17(19(25)15-8-9-15)14-6-4-3-5-7-14/h3-7,13,15H,8-12H2,1-2H3,(H2,22,26)(H,23,27). The van der Waals surface area contributed by atoms with Gasteiger partial charge < -0.3 is 20.5 Å². The zero-order chi connectivity index (χ0) is 19.1. The minimum Gasteiger partial charge on any atom is -0.366 e. The molecule has 0 bridgehead atoms. The van der Waals surface area contributed by atoms with Gasteiger partial charge >= 0.3 is 6.03 Å². The Kier molecular flexibility index (Phi) is 4.42. The van der Waals surface area contributed by atoms with Gasteiger partial charge in [-0.2, -0.15) is 0 Å². The molecular weight excluding hydrogens is 340 g/mol. The Balaban J connectivity index is 1.82. The molecule has 0 radical (unpaired) electrons. The Morgan fingerprint density at radius 1 is 1.15 bits per heavy atom. The molecule has 0 spiro atoms. The van der Waals surface area contributed by atoms with Crippen LogP contribution in [0.1, 0.15) is 54.4 Å². The second-order valence-corrected chi connectivity index (χ2v) is 7.76. The lowest BCUT2D eigenvalue weighted by atomic mass is 9.98. The first-order valence-corrected chi connectivity index (χ1v) is 9.63. The first-order chi connectivity index (χ1) is 13.0. The van der Waals surface area contributed by atoms with E-state index >= 15 is 0 Å². The van der Waals surface area contributed by atoms with Gasteiger partial charge in [0.1, 0.15) is 0 Å². The Morgan fingerprint density at radius 3 is 2.44 bits per heavy atom. The normalized spacial score (nSPS) is 16.3. The highest BCUT2D eigenvalue weighted by Crippen LogP contribution is 2.48. The minimum atomic E-state index is -0.421. The van der Waals surface area contributed by atoms with E-state index in [4.69, 9.17) is 5.73 Å². The van der Waals surface area contributed by atoms with E-state index in [1.165, 1.54) is 5.69 Å². The number of urea groups is 1. The van der Waals surface area contributed by atoms with Crippen LogP contribution >= 0.6 is 0 Å². The summed E-state index contributed by atoms with van der Waals surface area (Å²) in [5, 5.41) is 2.94. The molecule has 142 valence electrons. The Hall–Kier alpha value is -2.76. The molecular formula is C21H26N4O2. The number of nitrogens with zero attached hydrogens (tertiary/aromatic N) is 2. The number of nitrogens with one attached hydrogen (secondary N) is 1. The first kappa shape index (κ1) is 17.6. The smallest absolute Gasteiger partial charge is 0.318 e. The van der Waals surface area contributed by atoms with E-state index in [-0.39, 0.29) is 12.1 Å². The van der Waals surface area contributed by atoms with Crippen LogP contribution in [0.2, 0.25) is 0 Å². The summed E-state index contributed by atoms with van der Waals surface area (Å²) in [6.07, 6.45) is 2.28. The lowest BCUT2D eigenvalue weighted by Crippen LogP contribution is -2.46. The van der Waals surface area contributed by atoms with Crippen molar-refractivity contribution in [2.45, 2.75) is 51.7 Å². The summed E-state index contributed by atoms with van der Waals surface area (Å²) in [5.41, 5.74) is 10.5. The van der Waals surface area contributed by atoms with E-state index in [0.29, 0.717) is 31.1 Å². The van der Waals surface area contributed by atoms with Crippen molar-refractivity contribution in [3.63, 3.8) is 0 Å². The highest BCUT2D eigenvalue weighted by Gasteiger charge is 2.38. The van der Waals surface area contributed by atoms with Crippen molar-refractivity contribution >= 4 is 11.9 Å². The quantitative estimate of drug-likeness (QED) is 0.872. The molecule has 6 heteroatoms. The average Bonchev–Trinajstić information content (AvgIpc) is 3.41. The van der Waals surface area contributed by atoms with E-state index in [0.717, 1.165) is 29.7 Å². The number of hydrogen-bond donors (Lipinski definition) is 2. The number of hydrogen-bond acceptors (Lipinski definition) is 2. The number of primary amides is 1. The third-order valence-electron chi connectivity index (χ3n) is 5.32. The highest BCUT2D eigenvalue weighted by molar-refractivity contribution is 6.02. The molecule has 1 aliphatic heterocycles. The van der Waals surface area contributed by atoms with Gasteiger partial charge in [0.25, 0.3) is 5.91 Å². The van der Waals surface area contributed by atoms with Crippen LogP contribution in [0.25, 0.3) is 11.1 Å². The van der Waals surface area contributed by atoms with Crippen molar-refractivity contribution in [3.8, 4) is 11.1 Å². The van der Waals surface area contributed by atoms with Gasteiger partial charge in [-0.15, -0.1) is 0 Å². The molecule has 0 saturated heterocycles. The number of rotatable bonds is 4. The maximum atomic E-state index is 12.5. The molecule has 6 nitrogen and oxygen atoms in total. The monoisotopic (exact) mass is 366 g/mol. The number of nitrogens with two attached hydrogens (primary N) is 1. The summed E-state index contributed by atoms with van der Waals surface area (Å²) in [6, 6.07) is 9.97. The predicted octanol–water partition coefficient (Wildman–Crippen LogP) is 3.07. The summed E-state index contributed by atoms with van der Waals surface area (Å²) < 4.78 is 2.25. The first-order valence-electron chi connectivity index (χ1n) is 9.63. The van der Waals surface area contributed by atoms with Crippen molar-refractivity contribution in [1.82, 2.24) is 14.8 Å². The Morgan fingerprint density at radius 2 is 1.85 bits per heavy atom.